The molecule has 6 rings (SSSR count). The fourth-order valence-corrected chi connectivity index (χ4v) is 4.80. The summed E-state index contributed by atoms with van der Waals surface area (Å²) in [5.41, 5.74) is 3.39. The number of fused-ring (bicyclic) bond motifs is 2. The zero-order valence-electron chi connectivity index (χ0n) is 22.3. The van der Waals surface area contributed by atoms with Crippen LogP contribution in [0.25, 0.3) is 11.0 Å². The molecule has 41 heavy (non-hydrogen) atoms. The summed E-state index contributed by atoms with van der Waals surface area (Å²) in [6, 6.07) is 28.2. The predicted molar refractivity (Wildman–Crippen MR) is 152 cm³/mol. The molecule has 0 fully saturated rings. The Morgan fingerprint density at radius 3 is 2.51 bits per heavy atom. The molecule has 2 heterocycles. The van der Waals surface area contributed by atoms with Gasteiger partial charge in [0.15, 0.2) is 11.5 Å². The molecule has 0 radical (unpaired) electrons. The highest BCUT2D eigenvalue weighted by Crippen LogP contribution is 2.38. The summed E-state index contributed by atoms with van der Waals surface area (Å²) < 4.78 is 18.0. The van der Waals surface area contributed by atoms with Gasteiger partial charge in [0, 0.05) is 18.3 Å². The number of nitrogens with zero attached hydrogens (tertiary/aromatic N) is 4. The van der Waals surface area contributed by atoms with Crippen LogP contribution in [0.3, 0.4) is 0 Å². The Kier molecular flexibility index (Phi) is 7.19. The van der Waals surface area contributed by atoms with Crippen LogP contribution in [-0.2, 0) is 22.7 Å². The van der Waals surface area contributed by atoms with Crippen molar-refractivity contribution in [2.24, 2.45) is 0 Å². The van der Waals surface area contributed by atoms with Gasteiger partial charge in [0.2, 0.25) is 18.6 Å². The third kappa shape index (κ3) is 5.40. The molecule has 0 spiro atoms. The number of anilines is 1. The van der Waals surface area contributed by atoms with E-state index in [4.69, 9.17) is 14.2 Å². The quantitative estimate of drug-likeness (QED) is 0.293. The highest BCUT2D eigenvalue weighted by Gasteiger charge is 2.34. The number of carbonyl (C=O) groups excluding carboxylic acids is 2. The maximum atomic E-state index is 14.2. The number of aromatic nitrogens is 3. The van der Waals surface area contributed by atoms with Gasteiger partial charge in [-0.25, -0.2) is 4.68 Å². The molecule has 1 aromatic heterocycles. The van der Waals surface area contributed by atoms with Crippen LogP contribution in [0, 0.1) is 0 Å². The van der Waals surface area contributed by atoms with Crippen molar-refractivity contribution in [2.45, 2.75) is 19.1 Å². The first-order valence-corrected chi connectivity index (χ1v) is 13.1. The van der Waals surface area contributed by atoms with Crippen LogP contribution < -0.4 is 24.4 Å². The van der Waals surface area contributed by atoms with Crippen LogP contribution in [0.1, 0.15) is 17.2 Å². The molecule has 10 nitrogen and oxygen atoms in total. The molecule has 0 aliphatic carbocycles. The number of methoxy groups -OCH3 is 1. The number of nitrogens with one attached hydrogen (secondary N) is 1. The second-order valence-electron chi connectivity index (χ2n) is 9.42. The van der Waals surface area contributed by atoms with Crippen molar-refractivity contribution in [3.8, 4) is 17.2 Å². The first-order valence-electron chi connectivity index (χ1n) is 13.1. The highest BCUT2D eigenvalue weighted by atomic mass is 16.7. The summed E-state index contributed by atoms with van der Waals surface area (Å²) in [4.78, 5) is 29.7. The largest absolute Gasteiger partial charge is 0.497 e. The molecular weight excluding hydrogens is 522 g/mol. The van der Waals surface area contributed by atoms with Gasteiger partial charge < -0.3 is 19.5 Å². The maximum absolute atomic E-state index is 14.2. The van der Waals surface area contributed by atoms with Gasteiger partial charge in [0.05, 0.1) is 12.6 Å². The second-order valence-corrected chi connectivity index (χ2v) is 9.42. The van der Waals surface area contributed by atoms with Crippen LogP contribution in [0.4, 0.5) is 5.69 Å². The number of rotatable bonds is 9. The summed E-state index contributed by atoms with van der Waals surface area (Å²) >= 11 is 0. The average Bonchev–Trinajstić information content (AvgIpc) is 3.66. The number of benzene rings is 4. The molecular formula is C31H27N5O5. The molecule has 0 saturated heterocycles. The van der Waals surface area contributed by atoms with Gasteiger partial charge >= 0.3 is 0 Å². The number of hydrogen-bond donors (Lipinski definition) is 1. The fraction of sp³-hybridized carbons (Fsp3) is 0.161. The van der Waals surface area contributed by atoms with Gasteiger partial charge in [-0.3, -0.25) is 14.5 Å². The molecule has 2 amide bonds. The minimum atomic E-state index is -1.02. The van der Waals surface area contributed by atoms with Gasteiger partial charge in [-0.15, -0.1) is 5.10 Å². The summed E-state index contributed by atoms with van der Waals surface area (Å²) in [6.45, 7) is 0.230. The lowest BCUT2D eigenvalue weighted by Crippen LogP contribution is -2.45. The van der Waals surface area contributed by atoms with Crippen LogP contribution in [-0.4, -0.2) is 40.7 Å². The molecule has 0 saturated carbocycles. The van der Waals surface area contributed by atoms with E-state index in [1.165, 1.54) is 9.58 Å². The van der Waals surface area contributed by atoms with E-state index in [0.717, 1.165) is 5.56 Å². The van der Waals surface area contributed by atoms with E-state index in [-0.39, 0.29) is 25.2 Å². The average molecular weight is 550 g/mol. The molecule has 1 N–H and O–H groups in total. The second kappa shape index (κ2) is 11.4. The highest BCUT2D eigenvalue weighted by molar-refractivity contribution is 6.01. The Bertz CT molecular complexity index is 1690. The Morgan fingerprint density at radius 2 is 1.71 bits per heavy atom. The summed E-state index contributed by atoms with van der Waals surface area (Å²) in [5.74, 6) is 0.971. The first-order chi connectivity index (χ1) is 20.1. The Labute approximate surface area is 236 Å². The van der Waals surface area contributed by atoms with Crippen molar-refractivity contribution >= 4 is 28.5 Å². The monoisotopic (exact) mass is 549 g/mol. The first kappa shape index (κ1) is 25.9. The van der Waals surface area contributed by atoms with Crippen molar-refractivity contribution in [1.82, 2.24) is 20.3 Å². The van der Waals surface area contributed by atoms with Gasteiger partial charge in [-0.1, -0.05) is 59.8 Å². The third-order valence-electron chi connectivity index (χ3n) is 6.86. The number of para-hydroxylation sites is 1. The standard InChI is InChI=1S/C31H27N5O5/c1-39-24-14-11-22(12-15-24)30(31(38)32-18-21-7-3-2-4-8-21)36(23-13-16-27-28(17-23)41-20-40-27)29(37)19-35-26-10-6-5-9-25(26)33-34-35/h2-17,30H,18-20H2,1H3,(H,32,38). The lowest BCUT2D eigenvalue weighted by Gasteiger charge is -2.32. The van der Waals surface area contributed by atoms with Gasteiger partial charge in [0.1, 0.15) is 23.9 Å². The van der Waals surface area contributed by atoms with E-state index < -0.39 is 6.04 Å². The molecule has 1 aliphatic heterocycles. The molecule has 1 aliphatic rings. The number of carbonyl (C=O) groups is 2. The van der Waals surface area contributed by atoms with Crippen LogP contribution in [0.2, 0.25) is 0 Å². The summed E-state index contributed by atoms with van der Waals surface area (Å²) in [7, 11) is 1.57. The van der Waals surface area contributed by atoms with Crippen molar-refractivity contribution in [1.29, 1.82) is 0 Å². The zero-order chi connectivity index (χ0) is 28.2. The lowest BCUT2D eigenvalue weighted by atomic mass is 10.0. The van der Waals surface area contributed by atoms with Crippen molar-refractivity contribution < 1.29 is 23.8 Å². The number of ether oxygens (including phenoxy) is 3. The fourth-order valence-electron chi connectivity index (χ4n) is 4.80. The molecule has 1 atom stereocenters. The van der Waals surface area contributed by atoms with E-state index in [2.05, 4.69) is 15.6 Å². The lowest BCUT2D eigenvalue weighted by molar-refractivity contribution is -0.127. The molecule has 5 aromatic rings. The van der Waals surface area contributed by atoms with Gasteiger partial charge in [0.25, 0.3) is 0 Å². The van der Waals surface area contributed by atoms with Crippen molar-refractivity contribution in [3.63, 3.8) is 0 Å². The van der Waals surface area contributed by atoms with Crippen molar-refractivity contribution in [3.05, 3.63) is 108 Å². The van der Waals surface area contributed by atoms with E-state index in [9.17, 15) is 9.59 Å². The topological polar surface area (TPSA) is 108 Å². The normalized spacial score (nSPS) is 12.6. The minimum absolute atomic E-state index is 0.0805. The number of amides is 2. The van der Waals surface area contributed by atoms with E-state index in [1.54, 1.807) is 49.6 Å². The van der Waals surface area contributed by atoms with Crippen LogP contribution >= 0.6 is 0 Å². The Hall–Kier alpha value is -5.38. The van der Waals surface area contributed by atoms with E-state index in [0.29, 0.717) is 46.1 Å². The number of hydrogen-bond acceptors (Lipinski definition) is 7. The SMILES string of the molecule is COc1ccc(C(C(=O)NCc2ccccc2)N(C(=O)Cn2nnc3ccccc32)c2ccc3c(c2)OCO3)cc1. The third-order valence-corrected chi connectivity index (χ3v) is 6.86. The van der Waals surface area contributed by atoms with Crippen LogP contribution in [0.5, 0.6) is 17.2 Å². The van der Waals surface area contributed by atoms with Gasteiger partial charge in [-0.2, -0.15) is 0 Å². The molecule has 10 heteroatoms. The van der Waals surface area contributed by atoms with E-state index in [1.807, 2.05) is 54.6 Å². The Balaban J connectivity index is 1.42. The Morgan fingerprint density at radius 1 is 0.951 bits per heavy atom. The summed E-state index contributed by atoms with van der Waals surface area (Å²) in [5, 5.41) is 11.4. The summed E-state index contributed by atoms with van der Waals surface area (Å²) in [6.07, 6.45) is 0. The van der Waals surface area contributed by atoms with Crippen LogP contribution in [0.15, 0.2) is 97.1 Å². The zero-order valence-corrected chi connectivity index (χ0v) is 22.3. The molecule has 206 valence electrons. The maximum Gasteiger partial charge on any atom is 0.249 e. The smallest absolute Gasteiger partial charge is 0.249 e. The van der Waals surface area contributed by atoms with Crippen molar-refractivity contribution in [2.75, 3.05) is 18.8 Å². The predicted octanol–water partition coefficient (Wildman–Crippen LogP) is 4.26. The molecule has 4 aromatic carbocycles. The molecule has 1 unspecified atom stereocenters. The molecule has 0 bridgehead atoms. The van der Waals surface area contributed by atoms with Gasteiger partial charge in [-0.05, 0) is 47.5 Å². The van der Waals surface area contributed by atoms with E-state index >= 15 is 0 Å². The minimum Gasteiger partial charge on any atom is -0.497 e.